The van der Waals surface area contributed by atoms with Gasteiger partial charge in [0.2, 0.25) is 10.0 Å². The number of carbonyl (C=O) groups excluding carboxylic acids is 1. The van der Waals surface area contributed by atoms with Gasteiger partial charge in [-0.15, -0.1) is 0 Å². The minimum absolute atomic E-state index is 0.0653. The molecule has 1 aromatic carbocycles. The van der Waals surface area contributed by atoms with E-state index in [2.05, 4.69) is 10.2 Å². The van der Waals surface area contributed by atoms with Gasteiger partial charge in [-0.3, -0.25) is 9.10 Å². The van der Waals surface area contributed by atoms with Crippen LogP contribution in [0.1, 0.15) is 19.3 Å². The van der Waals surface area contributed by atoms with Crippen molar-refractivity contribution in [2.24, 2.45) is 0 Å². The summed E-state index contributed by atoms with van der Waals surface area (Å²) < 4.78 is 31.1. The summed E-state index contributed by atoms with van der Waals surface area (Å²) in [5.41, 5.74) is 0.359. The molecular weight excluding hydrogens is 378 g/mol. The molecule has 7 nitrogen and oxygen atoms in total. The number of fused-ring (bicyclic) bond motifs is 1. The minimum Gasteiger partial charge on any atom is -0.476 e. The lowest BCUT2D eigenvalue weighted by molar-refractivity contribution is -0.127. The predicted octanol–water partition coefficient (Wildman–Crippen LogP) is 1.47. The number of hydrogen-bond donors (Lipinski definition) is 1. The van der Waals surface area contributed by atoms with Crippen molar-refractivity contribution in [1.29, 1.82) is 0 Å². The molecule has 1 aromatic rings. The van der Waals surface area contributed by atoms with Crippen molar-refractivity contribution < 1.29 is 17.9 Å². The summed E-state index contributed by atoms with van der Waals surface area (Å²) in [6, 6.07) is 4.72. The van der Waals surface area contributed by atoms with Gasteiger partial charge in [-0.25, -0.2) is 8.42 Å². The first kappa shape index (κ1) is 19.3. The molecule has 2 aliphatic rings. The average Bonchev–Trinajstić information content (AvgIpc) is 3.10. The lowest BCUT2D eigenvalue weighted by Crippen LogP contribution is -2.50. The zero-order valence-electron chi connectivity index (χ0n) is 14.8. The standard InChI is InChI=1S/C17H24ClN3O4S/c1-26(23,24)21-12-16(25-15-6-5-13(18)11-14(15)21)17(22)19-7-4-10-20-8-2-3-9-20/h5-6,11,16H,2-4,7-10,12H2,1H3,(H,19,22)/t16-/m0/s1. The van der Waals surface area contributed by atoms with Crippen molar-refractivity contribution in [2.45, 2.75) is 25.4 Å². The lowest BCUT2D eigenvalue weighted by Gasteiger charge is -2.34. The molecule has 1 amide bonds. The minimum atomic E-state index is -3.55. The van der Waals surface area contributed by atoms with Crippen LogP contribution >= 0.6 is 11.6 Å². The molecule has 0 saturated carbocycles. The maximum atomic E-state index is 12.4. The van der Waals surface area contributed by atoms with Gasteiger partial charge in [-0.2, -0.15) is 0 Å². The SMILES string of the molecule is CS(=O)(=O)N1C[C@@H](C(=O)NCCCN2CCCC2)Oc2ccc(Cl)cc21. The van der Waals surface area contributed by atoms with Crippen LogP contribution in [0.4, 0.5) is 5.69 Å². The molecule has 1 fully saturated rings. The second kappa shape index (κ2) is 8.02. The molecule has 1 atom stereocenters. The fourth-order valence-corrected chi connectivity index (χ4v) is 4.38. The molecule has 0 unspecified atom stereocenters. The number of rotatable bonds is 6. The van der Waals surface area contributed by atoms with Crippen molar-refractivity contribution in [1.82, 2.24) is 10.2 Å². The summed E-state index contributed by atoms with van der Waals surface area (Å²) in [5, 5.41) is 3.26. The third kappa shape index (κ3) is 4.61. The molecule has 2 heterocycles. The Labute approximate surface area is 159 Å². The van der Waals surface area contributed by atoms with Gasteiger partial charge in [0.25, 0.3) is 5.91 Å². The number of halogens is 1. The normalized spacial score (nSPS) is 20.5. The van der Waals surface area contributed by atoms with Gasteiger partial charge in [-0.1, -0.05) is 11.6 Å². The number of carbonyl (C=O) groups is 1. The van der Waals surface area contributed by atoms with E-state index in [1.807, 2.05) is 0 Å². The highest BCUT2D eigenvalue weighted by atomic mass is 35.5. The number of nitrogens with one attached hydrogen (secondary N) is 1. The number of amides is 1. The Morgan fingerprint density at radius 2 is 2.08 bits per heavy atom. The summed E-state index contributed by atoms with van der Waals surface area (Å²) in [7, 11) is -3.55. The van der Waals surface area contributed by atoms with E-state index in [1.54, 1.807) is 12.1 Å². The van der Waals surface area contributed by atoms with Gasteiger partial charge in [0.15, 0.2) is 6.10 Å². The first-order valence-electron chi connectivity index (χ1n) is 8.78. The van der Waals surface area contributed by atoms with Crippen molar-refractivity contribution in [3.8, 4) is 5.75 Å². The zero-order valence-corrected chi connectivity index (χ0v) is 16.4. The fourth-order valence-electron chi connectivity index (χ4n) is 3.31. The molecule has 0 bridgehead atoms. The van der Waals surface area contributed by atoms with Gasteiger partial charge < -0.3 is 15.0 Å². The first-order valence-corrected chi connectivity index (χ1v) is 11.0. The highest BCUT2D eigenvalue weighted by molar-refractivity contribution is 7.92. The van der Waals surface area contributed by atoms with E-state index in [0.717, 1.165) is 32.3 Å². The van der Waals surface area contributed by atoms with Crippen molar-refractivity contribution in [3.05, 3.63) is 23.2 Å². The van der Waals surface area contributed by atoms with Crippen LogP contribution in [0.3, 0.4) is 0 Å². The number of likely N-dealkylation sites (tertiary alicyclic amines) is 1. The molecule has 1 saturated heterocycles. The maximum absolute atomic E-state index is 12.4. The van der Waals surface area contributed by atoms with Crippen molar-refractivity contribution >= 4 is 33.2 Å². The van der Waals surface area contributed by atoms with E-state index < -0.39 is 16.1 Å². The second-order valence-electron chi connectivity index (χ2n) is 6.71. The quantitative estimate of drug-likeness (QED) is 0.730. The van der Waals surface area contributed by atoms with E-state index in [1.165, 1.54) is 23.2 Å². The molecular formula is C17H24ClN3O4S. The molecule has 0 radical (unpaired) electrons. The van der Waals surface area contributed by atoms with Crippen LogP contribution in [-0.2, 0) is 14.8 Å². The second-order valence-corrected chi connectivity index (χ2v) is 9.05. The van der Waals surface area contributed by atoms with E-state index in [4.69, 9.17) is 16.3 Å². The number of benzene rings is 1. The first-order chi connectivity index (χ1) is 12.3. The predicted molar refractivity (Wildman–Crippen MR) is 101 cm³/mol. The number of ether oxygens (including phenoxy) is 1. The molecule has 144 valence electrons. The van der Waals surface area contributed by atoms with Crippen LogP contribution in [0.5, 0.6) is 5.75 Å². The van der Waals surface area contributed by atoms with E-state index >= 15 is 0 Å². The van der Waals surface area contributed by atoms with E-state index in [0.29, 0.717) is 23.0 Å². The van der Waals surface area contributed by atoms with Crippen molar-refractivity contribution in [3.63, 3.8) is 0 Å². The Morgan fingerprint density at radius 1 is 1.35 bits per heavy atom. The Bertz CT molecular complexity index is 765. The number of hydrogen-bond acceptors (Lipinski definition) is 5. The molecule has 0 spiro atoms. The Morgan fingerprint density at radius 3 is 2.77 bits per heavy atom. The van der Waals surface area contributed by atoms with Crippen LogP contribution < -0.4 is 14.4 Å². The smallest absolute Gasteiger partial charge is 0.263 e. The van der Waals surface area contributed by atoms with Crippen LogP contribution in [0.15, 0.2) is 18.2 Å². The average molecular weight is 402 g/mol. The fraction of sp³-hybridized carbons (Fsp3) is 0.588. The number of sulfonamides is 1. The molecule has 1 N–H and O–H groups in total. The topological polar surface area (TPSA) is 79.0 Å². The molecule has 9 heteroatoms. The van der Waals surface area contributed by atoms with Gasteiger partial charge in [0, 0.05) is 11.6 Å². The zero-order chi connectivity index (χ0) is 18.7. The number of anilines is 1. The van der Waals surface area contributed by atoms with E-state index in [9.17, 15) is 13.2 Å². The van der Waals surface area contributed by atoms with Crippen LogP contribution in [-0.4, -0.2) is 64.3 Å². The Balaban J connectivity index is 1.61. The largest absolute Gasteiger partial charge is 0.476 e. The lowest BCUT2D eigenvalue weighted by atomic mass is 10.2. The Kier molecular flexibility index (Phi) is 5.94. The third-order valence-electron chi connectivity index (χ3n) is 4.63. The Hall–Kier alpha value is -1.51. The van der Waals surface area contributed by atoms with Crippen molar-refractivity contribution in [2.75, 3.05) is 43.3 Å². The van der Waals surface area contributed by atoms with Crippen LogP contribution in [0.2, 0.25) is 5.02 Å². The van der Waals surface area contributed by atoms with Gasteiger partial charge in [-0.05, 0) is 57.1 Å². The molecule has 2 aliphatic heterocycles. The highest BCUT2D eigenvalue weighted by Crippen LogP contribution is 2.37. The summed E-state index contributed by atoms with van der Waals surface area (Å²) in [6.45, 7) is 3.69. The maximum Gasteiger partial charge on any atom is 0.263 e. The highest BCUT2D eigenvalue weighted by Gasteiger charge is 2.35. The number of nitrogens with zero attached hydrogens (tertiary/aromatic N) is 2. The summed E-state index contributed by atoms with van der Waals surface area (Å²) in [4.78, 5) is 14.8. The summed E-state index contributed by atoms with van der Waals surface area (Å²) >= 11 is 5.97. The van der Waals surface area contributed by atoms with Gasteiger partial charge in [0.05, 0.1) is 18.5 Å². The molecule has 26 heavy (non-hydrogen) atoms. The molecule has 0 aliphatic carbocycles. The van der Waals surface area contributed by atoms with Gasteiger partial charge >= 0.3 is 0 Å². The monoisotopic (exact) mass is 401 g/mol. The summed E-state index contributed by atoms with van der Waals surface area (Å²) in [6.07, 6.45) is 3.57. The molecule has 3 rings (SSSR count). The summed E-state index contributed by atoms with van der Waals surface area (Å²) in [5.74, 6) is 0.0314. The van der Waals surface area contributed by atoms with Crippen LogP contribution in [0, 0.1) is 0 Å². The van der Waals surface area contributed by atoms with Gasteiger partial charge in [0.1, 0.15) is 5.75 Å². The van der Waals surface area contributed by atoms with Crippen LogP contribution in [0.25, 0.3) is 0 Å². The van der Waals surface area contributed by atoms with E-state index in [-0.39, 0.29) is 12.5 Å². The molecule has 0 aromatic heterocycles. The third-order valence-corrected chi connectivity index (χ3v) is 6.01.